The van der Waals surface area contributed by atoms with E-state index in [2.05, 4.69) is 10.6 Å². The van der Waals surface area contributed by atoms with Crippen LogP contribution in [0.15, 0.2) is 24.3 Å². The molecule has 0 radical (unpaired) electrons. The number of hydrogen-bond acceptors (Lipinski definition) is 3. The Hall–Kier alpha value is -1.26. The van der Waals surface area contributed by atoms with E-state index in [0.29, 0.717) is 6.61 Å². The lowest BCUT2D eigenvalue weighted by Crippen LogP contribution is -2.42. The summed E-state index contributed by atoms with van der Waals surface area (Å²) in [5, 5.41) is 6.25. The van der Waals surface area contributed by atoms with Gasteiger partial charge in [0.15, 0.2) is 0 Å². The molecule has 1 fully saturated rings. The third kappa shape index (κ3) is 2.44. The zero-order chi connectivity index (χ0) is 11.7. The largest absolute Gasteiger partial charge is 0.491 e. The Kier molecular flexibility index (Phi) is 4.09. The lowest BCUT2D eigenvalue weighted by molar-refractivity contribution is -0.123. The van der Waals surface area contributed by atoms with Crippen LogP contribution in [0.5, 0.6) is 5.75 Å². The van der Waals surface area contributed by atoms with Crippen molar-refractivity contribution in [3.05, 3.63) is 29.8 Å². The summed E-state index contributed by atoms with van der Waals surface area (Å²) in [4.78, 5) is 12.0. The predicted octanol–water partition coefficient (Wildman–Crippen LogP) is 1.41. The highest BCUT2D eigenvalue weighted by Crippen LogP contribution is 2.31. The highest BCUT2D eigenvalue weighted by atomic mass is 35.5. The molecule has 4 nitrogen and oxygen atoms in total. The monoisotopic (exact) mass is 268 g/mol. The molecule has 2 heterocycles. The fraction of sp³-hybridized carbons (Fsp3) is 0.462. The maximum absolute atomic E-state index is 12.0. The molecule has 0 bridgehead atoms. The van der Waals surface area contributed by atoms with Gasteiger partial charge in [-0.15, -0.1) is 12.4 Å². The van der Waals surface area contributed by atoms with Crippen LogP contribution in [0.2, 0.25) is 0 Å². The number of rotatable bonds is 2. The summed E-state index contributed by atoms with van der Waals surface area (Å²) in [5.74, 6) is 0.977. The normalized spacial score (nSPS) is 24.9. The Morgan fingerprint density at radius 2 is 2.22 bits per heavy atom. The standard InChI is InChI=1S/C13H16N2O2.ClH/c16-13(10-5-3-7-14-10)15-11-8-17-12-6-2-1-4-9(11)12;/h1-2,4,6,10-11,14H,3,5,7-8H2,(H,15,16);1H/t10-,11?;/m0./s1. The molecule has 0 aliphatic carbocycles. The number of halogens is 1. The van der Waals surface area contributed by atoms with Gasteiger partial charge in [0.2, 0.25) is 5.91 Å². The van der Waals surface area contributed by atoms with Gasteiger partial charge in [-0.05, 0) is 25.5 Å². The Morgan fingerprint density at radius 1 is 1.39 bits per heavy atom. The molecule has 0 aromatic heterocycles. The van der Waals surface area contributed by atoms with Crippen molar-refractivity contribution in [1.29, 1.82) is 0 Å². The fourth-order valence-corrected chi connectivity index (χ4v) is 2.46. The van der Waals surface area contributed by atoms with Crippen molar-refractivity contribution in [2.24, 2.45) is 0 Å². The number of ether oxygens (including phenoxy) is 1. The first-order valence-electron chi connectivity index (χ1n) is 6.10. The first kappa shape index (κ1) is 13.2. The van der Waals surface area contributed by atoms with Crippen LogP contribution >= 0.6 is 12.4 Å². The second-order valence-electron chi connectivity index (χ2n) is 4.56. The Morgan fingerprint density at radius 3 is 3.00 bits per heavy atom. The topological polar surface area (TPSA) is 50.4 Å². The van der Waals surface area contributed by atoms with E-state index in [1.807, 2.05) is 24.3 Å². The van der Waals surface area contributed by atoms with Gasteiger partial charge in [-0.25, -0.2) is 0 Å². The summed E-state index contributed by atoms with van der Waals surface area (Å²) in [5.41, 5.74) is 1.08. The van der Waals surface area contributed by atoms with Crippen molar-refractivity contribution in [2.45, 2.75) is 24.9 Å². The lowest BCUT2D eigenvalue weighted by Gasteiger charge is -2.15. The summed E-state index contributed by atoms with van der Waals surface area (Å²) in [6, 6.07) is 7.84. The average Bonchev–Trinajstić information content (AvgIpc) is 2.98. The molecule has 98 valence electrons. The summed E-state index contributed by atoms with van der Waals surface area (Å²) in [7, 11) is 0. The number of nitrogens with one attached hydrogen (secondary N) is 2. The van der Waals surface area contributed by atoms with E-state index in [0.717, 1.165) is 30.7 Å². The minimum Gasteiger partial charge on any atom is -0.491 e. The van der Waals surface area contributed by atoms with Crippen LogP contribution in [0.3, 0.4) is 0 Å². The van der Waals surface area contributed by atoms with Crippen LogP contribution < -0.4 is 15.4 Å². The van der Waals surface area contributed by atoms with Crippen LogP contribution in [-0.2, 0) is 4.79 Å². The highest BCUT2D eigenvalue weighted by molar-refractivity contribution is 5.85. The van der Waals surface area contributed by atoms with Gasteiger partial charge >= 0.3 is 0 Å². The smallest absolute Gasteiger partial charge is 0.237 e. The first-order valence-corrected chi connectivity index (χ1v) is 6.10. The minimum absolute atomic E-state index is 0. The first-order chi connectivity index (χ1) is 8.34. The van der Waals surface area contributed by atoms with Gasteiger partial charge < -0.3 is 15.4 Å². The number of carbonyl (C=O) groups is 1. The number of carbonyl (C=O) groups excluding carboxylic acids is 1. The zero-order valence-electron chi connectivity index (χ0n) is 10.0. The van der Waals surface area contributed by atoms with Gasteiger partial charge in [0.1, 0.15) is 12.4 Å². The van der Waals surface area contributed by atoms with Crippen LogP contribution in [0.4, 0.5) is 0 Å². The third-order valence-corrected chi connectivity index (χ3v) is 3.39. The molecular weight excluding hydrogens is 252 g/mol. The van der Waals surface area contributed by atoms with Gasteiger partial charge in [0.05, 0.1) is 12.1 Å². The van der Waals surface area contributed by atoms with Crippen molar-refractivity contribution in [3.63, 3.8) is 0 Å². The van der Waals surface area contributed by atoms with Crippen molar-refractivity contribution < 1.29 is 9.53 Å². The van der Waals surface area contributed by atoms with E-state index in [4.69, 9.17) is 4.74 Å². The molecule has 0 saturated carbocycles. The number of hydrogen-bond donors (Lipinski definition) is 2. The number of para-hydroxylation sites is 1. The molecule has 18 heavy (non-hydrogen) atoms. The van der Waals surface area contributed by atoms with E-state index in [-0.39, 0.29) is 30.4 Å². The Labute approximate surface area is 113 Å². The quantitative estimate of drug-likeness (QED) is 0.853. The van der Waals surface area contributed by atoms with Crippen molar-refractivity contribution in [3.8, 4) is 5.75 Å². The fourth-order valence-electron chi connectivity index (χ4n) is 2.46. The molecule has 1 saturated heterocycles. The zero-order valence-corrected chi connectivity index (χ0v) is 10.8. The maximum Gasteiger partial charge on any atom is 0.237 e. The second kappa shape index (κ2) is 5.59. The SMILES string of the molecule is Cl.O=C(NC1COc2ccccc21)[C@@H]1CCCN1. The molecule has 5 heteroatoms. The van der Waals surface area contributed by atoms with E-state index in [1.165, 1.54) is 0 Å². The molecule has 1 aromatic carbocycles. The Balaban J connectivity index is 0.00000120. The van der Waals surface area contributed by atoms with Crippen LogP contribution in [0, 0.1) is 0 Å². The maximum atomic E-state index is 12.0. The molecule has 2 N–H and O–H groups in total. The predicted molar refractivity (Wildman–Crippen MR) is 71.1 cm³/mol. The molecule has 2 aliphatic rings. The molecule has 2 atom stereocenters. The molecule has 1 aromatic rings. The lowest BCUT2D eigenvalue weighted by atomic mass is 10.1. The molecule has 2 aliphatic heterocycles. The average molecular weight is 269 g/mol. The number of fused-ring (bicyclic) bond motifs is 1. The van der Waals surface area contributed by atoms with Gasteiger partial charge in [-0.3, -0.25) is 4.79 Å². The van der Waals surface area contributed by atoms with Crippen LogP contribution in [-0.4, -0.2) is 25.1 Å². The van der Waals surface area contributed by atoms with E-state index < -0.39 is 0 Å². The van der Waals surface area contributed by atoms with E-state index >= 15 is 0 Å². The van der Waals surface area contributed by atoms with Crippen molar-refractivity contribution in [2.75, 3.05) is 13.2 Å². The molecular formula is C13H17ClN2O2. The van der Waals surface area contributed by atoms with Crippen LogP contribution in [0.1, 0.15) is 24.4 Å². The second-order valence-corrected chi connectivity index (χ2v) is 4.56. The third-order valence-electron chi connectivity index (χ3n) is 3.39. The summed E-state index contributed by atoms with van der Waals surface area (Å²) >= 11 is 0. The van der Waals surface area contributed by atoms with Crippen molar-refractivity contribution in [1.82, 2.24) is 10.6 Å². The minimum atomic E-state index is -0.0252. The van der Waals surface area contributed by atoms with E-state index in [9.17, 15) is 4.79 Å². The number of benzene rings is 1. The molecule has 1 unspecified atom stereocenters. The van der Waals surface area contributed by atoms with Gasteiger partial charge in [-0.2, -0.15) is 0 Å². The molecule has 1 amide bonds. The number of amides is 1. The van der Waals surface area contributed by atoms with Gasteiger partial charge in [0, 0.05) is 5.56 Å². The van der Waals surface area contributed by atoms with E-state index in [1.54, 1.807) is 0 Å². The summed E-state index contributed by atoms with van der Waals surface area (Å²) in [6.45, 7) is 1.48. The highest BCUT2D eigenvalue weighted by Gasteiger charge is 2.29. The summed E-state index contributed by atoms with van der Waals surface area (Å²) < 4.78 is 5.54. The van der Waals surface area contributed by atoms with Gasteiger partial charge in [0.25, 0.3) is 0 Å². The van der Waals surface area contributed by atoms with Crippen LogP contribution in [0.25, 0.3) is 0 Å². The molecule has 3 rings (SSSR count). The van der Waals surface area contributed by atoms with Crippen molar-refractivity contribution >= 4 is 18.3 Å². The van der Waals surface area contributed by atoms with Gasteiger partial charge in [-0.1, -0.05) is 18.2 Å². The molecule has 0 spiro atoms. The Bertz CT molecular complexity index is 433. The summed E-state index contributed by atoms with van der Waals surface area (Å²) in [6.07, 6.45) is 2.01.